The maximum Gasteiger partial charge on any atom is 0.123 e. The monoisotopic (exact) mass is 253 g/mol. The molecule has 94 valence electrons. The summed E-state index contributed by atoms with van der Waals surface area (Å²) in [6.45, 7) is 2.98. The van der Waals surface area contributed by atoms with Gasteiger partial charge in [-0.1, -0.05) is 6.07 Å². The van der Waals surface area contributed by atoms with E-state index < -0.39 is 0 Å². The van der Waals surface area contributed by atoms with E-state index in [1.165, 1.54) is 29.9 Å². The molecule has 1 aliphatic rings. The molecule has 0 aromatic heterocycles. The van der Waals surface area contributed by atoms with Crippen LogP contribution in [0, 0.1) is 12.7 Å². The summed E-state index contributed by atoms with van der Waals surface area (Å²) >= 11 is 2.05. The summed E-state index contributed by atoms with van der Waals surface area (Å²) in [5.74, 6) is 2.43. The Labute approximate surface area is 107 Å². The maximum atomic E-state index is 12.9. The van der Waals surface area contributed by atoms with Crippen molar-refractivity contribution >= 4 is 11.8 Å². The summed E-state index contributed by atoms with van der Waals surface area (Å²) in [6, 6.07) is 5.77. The lowest BCUT2D eigenvalue weighted by Crippen LogP contribution is -2.34. The highest BCUT2D eigenvalue weighted by Crippen LogP contribution is 2.17. The van der Waals surface area contributed by atoms with Crippen molar-refractivity contribution in [3.8, 4) is 0 Å². The smallest absolute Gasteiger partial charge is 0.123 e. The van der Waals surface area contributed by atoms with Crippen LogP contribution in [0.5, 0.6) is 0 Å². The Hall–Kier alpha value is -0.540. The van der Waals surface area contributed by atoms with Gasteiger partial charge in [-0.15, -0.1) is 0 Å². The summed E-state index contributed by atoms with van der Waals surface area (Å²) in [5.41, 5.74) is 2.31. The number of rotatable bonds is 4. The van der Waals surface area contributed by atoms with Crippen molar-refractivity contribution < 1.29 is 4.39 Å². The molecule has 0 atom stereocenters. The topological polar surface area (TPSA) is 12.0 Å². The Morgan fingerprint density at radius 2 is 2.12 bits per heavy atom. The van der Waals surface area contributed by atoms with Crippen molar-refractivity contribution in [2.45, 2.75) is 32.2 Å². The first kappa shape index (κ1) is 12.9. The van der Waals surface area contributed by atoms with Gasteiger partial charge in [0.15, 0.2) is 0 Å². The molecule has 0 amide bonds. The van der Waals surface area contributed by atoms with Crippen LogP contribution in [0.25, 0.3) is 0 Å². The molecule has 1 saturated heterocycles. The molecule has 0 spiro atoms. The molecular formula is C14H20FNS. The molecule has 3 heteroatoms. The summed E-state index contributed by atoms with van der Waals surface area (Å²) in [7, 11) is 0. The third-order valence-corrected chi connectivity index (χ3v) is 4.40. The van der Waals surface area contributed by atoms with Crippen LogP contribution in [-0.4, -0.2) is 24.1 Å². The van der Waals surface area contributed by atoms with E-state index in [0.717, 1.165) is 18.5 Å². The van der Waals surface area contributed by atoms with Crippen molar-refractivity contribution in [1.82, 2.24) is 5.32 Å². The molecule has 0 bridgehead atoms. The quantitative estimate of drug-likeness (QED) is 0.884. The number of aryl methyl sites for hydroxylation is 1. The highest BCUT2D eigenvalue weighted by Gasteiger charge is 2.12. The molecular weight excluding hydrogens is 233 g/mol. The molecule has 1 fully saturated rings. The second kappa shape index (κ2) is 6.41. The zero-order chi connectivity index (χ0) is 12.1. The molecule has 1 aromatic carbocycles. The van der Waals surface area contributed by atoms with Gasteiger partial charge in [0.2, 0.25) is 0 Å². The number of thioether (sulfide) groups is 1. The number of hydrogen-bond acceptors (Lipinski definition) is 2. The van der Waals surface area contributed by atoms with Crippen LogP contribution in [0.2, 0.25) is 0 Å². The van der Waals surface area contributed by atoms with Crippen LogP contribution >= 0.6 is 11.8 Å². The van der Waals surface area contributed by atoms with Crippen LogP contribution in [0.15, 0.2) is 18.2 Å². The summed E-state index contributed by atoms with van der Waals surface area (Å²) in [5, 5.41) is 3.60. The normalized spacial score (nSPS) is 17.3. The standard InChI is InChI=1S/C14H20FNS/c1-11-10-13(15)3-2-12(11)4-7-16-14-5-8-17-9-6-14/h2-3,10,14,16H,4-9H2,1H3. The average molecular weight is 253 g/mol. The van der Waals surface area contributed by atoms with E-state index >= 15 is 0 Å². The third-order valence-electron chi connectivity index (χ3n) is 3.35. The van der Waals surface area contributed by atoms with Crippen LogP contribution < -0.4 is 5.32 Å². The Bertz CT molecular complexity index is 361. The van der Waals surface area contributed by atoms with Crippen molar-refractivity contribution in [2.75, 3.05) is 18.1 Å². The predicted octanol–water partition coefficient (Wildman–Crippen LogP) is 3.16. The van der Waals surface area contributed by atoms with Gasteiger partial charge in [-0.25, -0.2) is 4.39 Å². The molecule has 1 aliphatic heterocycles. The van der Waals surface area contributed by atoms with Gasteiger partial charge in [-0.2, -0.15) is 11.8 Å². The van der Waals surface area contributed by atoms with Crippen molar-refractivity contribution in [3.63, 3.8) is 0 Å². The van der Waals surface area contributed by atoms with Crippen LogP contribution in [0.3, 0.4) is 0 Å². The van der Waals surface area contributed by atoms with E-state index in [-0.39, 0.29) is 5.82 Å². The fourth-order valence-corrected chi connectivity index (χ4v) is 3.36. The summed E-state index contributed by atoms with van der Waals surface area (Å²) in [6.07, 6.45) is 3.57. The highest BCUT2D eigenvalue weighted by atomic mass is 32.2. The molecule has 1 heterocycles. The molecule has 0 radical (unpaired) electrons. The van der Waals surface area contributed by atoms with E-state index in [0.29, 0.717) is 6.04 Å². The molecule has 2 rings (SSSR count). The maximum absolute atomic E-state index is 12.9. The molecule has 1 nitrogen and oxygen atoms in total. The number of halogens is 1. The van der Waals surface area contributed by atoms with E-state index in [2.05, 4.69) is 17.1 Å². The Balaban J connectivity index is 1.77. The van der Waals surface area contributed by atoms with Gasteiger partial charge in [0.25, 0.3) is 0 Å². The first-order valence-corrected chi connectivity index (χ1v) is 7.47. The van der Waals surface area contributed by atoms with E-state index in [9.17, 15) is 4.39 Å². The minimum atomic E-state index is -0.136. The van der Waals surface area contributed by atoms with Crippen molar-refractivity contribution in [1.29, 1.82) is 0 Å². The molecule has 0 aliphatic carbocycles. The number of nitrogens with one attached hydrogen (secondary N) is 1. The predicted molar refractivity (Wildman–Crippen MR) is 73.2 cm³/mol. The molecule has 0 saturated carbocycles. The Morgan fingerprint density at radius 1 is 1.35 bits per heavy atom. The van der Waals surface area contributed by atoms with Gasteiger partial charge in [0.1, 0.15) is 5.82 Å². The molecule has 0 unspecified atom stereocenters. The van der Waals surface area contributed by atoms with Gasteiger partial charge in [-0.05, 0) is 67.5 Å². The summed E-state index contributed by atoms with van der Waals surface area (Å²) in [4.78, 5) is 0. The lowest BCUT2D eigenvalue weighted by atomic mass is 10.1. The fourth-order valence-electron chi connectivity index (χ4n) is 2.25. The van der Waals surface area contributed by atoms with Gasteiger partial charge in [-0.3, -0.25) is 0 Å². The second-order valence-corrected chi connectivity index (χ2v) is 5.89. The minimum absolute atomic E-state index is 0.136. The van der Waals surface area contributed by atoms with E-state index in [1.807, 2.05) is 13.0 Å². The third kappa shape index (κ3) is 4.00. The molecule has 1 N–H and O–H groups in total. The highest BCUT2D eigenvalue weighted by molar-refractivity contribution is 7.99. The van der Waals surface area contributed by atoms with Gasteiger partial charge >= 0.3 is 0 Å². The Morgan fingerprint density at radius 3 is 2.82 bits per heavy atom. The number of hydrogen-bond donors (Lipinski definition) is 1. The van der Waals surface area contributed by atoms with Crippen molar-refractivity contribution in [3.05, 3.63) is 35.1 Å². The SMILES string of the molecule is Cc1cc(F)ccc1CCNC1CCSCC1. The second-order valence-electron chi connectivity index (χ2n) is 4.66. The van der Waals surface area contributed by atoms with Crippen LogP contribution in [-0.2, 0) is 6.42 Å². The first-order valence-electron chi connectivity index (χ1n) is 6.32. The lowest BCUT2D eigenvalue weighted by molar-refractivity contribution is 0.486. The zero-order valence-corrected chi connectivity index (χ0v) is 11.2. The first-order chi connectivity index (χ1) is 8.25. The zero-order valence-electron chi connectivity index (χ0n) is 10.3. The van der Waals surface area contributed by atoms with Crippen LogP contribution in [0.1, 0.15) is 24.0 Å². The van der Waals surface area contributed by atoms with Crippen LogP contribution in [0.4, 0.5) is 4.39 Å². The molecule has 1 aromatic rings. The van der Waals surface area contributed by atoms with Gasteiger partial charge in [0.05, 0.1) is 0 Å². The minimum Gasteiger partial charge on any atom is -0.314 e. The van der Waals surface area contributed by atoms with Gasteiger partial charge < -0.3 is 5.32 Å². The average Bonchev–Trinajstić information content (AvgIpc) is 2.33. The number of benzene rings is 1. The fraction of sp³-hybridized carbons (Fsp3) is 0.571. The summed E-state index contributed by atoms with van der Waals surface area (Å²) < 4.78 is 12.9. The van der Waals surface area contributed by atoms with E-state index in [4.69, 9.17) is 0 Å². The van der Waals surface area contributed by atoms with Crippen molar-refractivity contribution in [2.24, 2.45) is 0 Å². The molecule has 17 heavy (non-hydrogen) atoms. The van der Waals surface area contributed by atoms with E-state index in [1.54, 1.807) is 12.1 Å². The van der Waals surface area contributed by atoms with Gasteiger partial charge in [0, 0.05) is 6.04 Å². The largest absolute Gasteiger partial charge is 0.314 e. The lowest BCUT2D eigenvalue weighted by Gasteiger charge is -2.22. The Kier molecular flexibility index (Phi) is 4.86.